The number of methoxy groups -OCH3 is 2. The summed E-state index contributed by atoms with van der Waals surface area (Å²) in [6.45, 7) is 1.76. The molecule has 0 bridgehead atoms. The molecule has 1 saturated carbocycles. The summed E-state index contributed by atoms with van der Waals surface area (Å²) < 4.78 is 65.9. The maximum Gasteiger partial charge on any atom is 0.452 e. The van der Waals surface area contributed by atoms with Crippen LogP contribution in [0, 0.1) is 0 Å². The number of halogens is 3. The van der Waals surface area contributed by atoms with Gasteiger partial charge in [-0.1, -0.05) is 24.3 Å². The van der Waals surface area contributed by atoms with E-state index in [4.69, 9.17) is 18.9 Å². The molecule has 3 aromatic rings. The number of hydrogen-bond donors (Lipinski definition) is 0. The molecule has 2 atom stereocenters. The van der Waals surface area contributed by atoms with Gasteiger partial charge in [0.2, 0.25) is 5.82 Å². The van der Waals surface area contributed by atoms with Gasteiger partial charge in [0.15, 0.2) is 17.3 Å². The van der Waals surface area contributed by atoms with E-state index in [0.29, 0.717) is 28.5 Å². The summed E-state index contributed by atoms with van der Waals surface area (Å²) >= 11 is 0. The molecule has 0 amide bonds. The van der Waals surface area contributed by atoms with Crippen molar-refractivity contribution in [2.75, 3.05) is 20.8 Å². The molecule has 2 heterocycles. The van der Waals surface area contributed by atoms with E-state index < -0.39 is 30.2 Å². The zero-order chi connectivity index (χ0) is 26.3. The highest BCUT2D eigenvalue weighted by Gasteiger charge is 2.44. The number of fused-ring (bicyclic) bond motifs is 3. The second-order valence-electron chi connectivity index (χ2n) is 8.90. The van der Waals surface area contributed by atoms with E-state index in [-0.39, 0.29) is 24.5 Å². The van der Waals surface area contributed by atoms with Crippen LogP contribution in [0.1, 0.15) is 72.7 Å². The minimum atomic E-state index is -4.79. The fourth-order valence-electron chi connectivity index (χ4n) is 4.75. The molecule has 37 heavy (non-hydrogen) atoms. The van der Waals surface area contributed by atoms with Gasteiger partial charge < -0.3 is 18.9 Å². The average Bonchev–Trinajstić information content (AvgIpc) is 3.64. The summed E-state index contributed by atoms with van der Waals surface area (Å²) in [6.07, 6.45) is -5.22. The van der Waals surface area contributed by atoms with Gasteiger partial charge in [-0.25, -0.2) is 0 Å². The number of ether oxygens (including phenoxy) is 4. The monoisotopic (exact) mass is 517 g/mol. The molecule has 2 aromatic carbocycles. The predicted octanol–water partition coefficient (Wildman–Crippen LogP) is 5.29. The number of para-hydroxylation sites is 1. The Morgan fingerprint density at radius 2 is 1.89 bits per heavy atom. The van der Waals surface area contributed by atoms with Gasteiger partial charge in [-0.05, 0) is 43.4 Å². The lowest BCUT2D eigenvalue weighted by molar-refractivity contribution is -0.147. The van der Waals surface area contributed by atoms with E-state index in [9.17, 15) is 18.0 Å². The molecule has 196 valence electrons. The third kappa shape index (κ3) is 4.63. The SMILES string of the molecule is CCOC(=O)C[C@H]1O[C@H](c2cccc(OC)c2OC)c2cc(C3CC3)ccc2-n2c1nnc2C(F)(F)F. The zero-order valence-corrected chi connectivity index (χ0v) is 20.5. The third-order valence-corrected chi connectivity index (χ3v) is 6.53. The first-order valence-corrected chi connectivity index (χ1v) is 12.0. The van der Waals surface area contributed by atoms with Gasteiger partial charge in [0.05, 0.1) is 32.9 Å². The maximum atomic E-state index is 14.1. The minimum Gasteiger partial charge on any atom is -0.493 e. The lowest BCUT2D eigenvalue weighted by Crippen LogP contribution is -2.18. The molecule has 8 nitrogen and oxygen atoms in total. The molecule has 1 fully saturated rings. The van der Waals surface area contributed by atoms with Crippen molar-refractivity contribution in [3.63, 3.8) is 0 Å². The van der Waals surface area contributed by atoms with Crippen LogP contribution in [-0.4, -0.2) is 41.6 Å². The molecule has 0 radical (unpaired) electrons. The first-order chi connectivity index (χ1) is 17.8. The van der Waals surface area contributed by atoms with Crippen molar-refractivity contribution in [2.24, 2.45) is 0 Å². The fourth-order valence-corrected chi connectivity index (χ4v) is 4.75. The number of rotatable bonds is 7. The Balaban J connectivity index is 1.76. The van der Waals surface area contributed by atoms with Crippen molar-refractivity contribution in [3.05, 3.63) is 64.7 Å². The van der Waals surface area contributed by atoms with Crippen LogP contribution in [0.5, 0.6) is 11.5 Å². The predicted molar refractivity (Wildman–Crippen MR) is 125 cm³/mol. The van der Waals surface area contributed by atoms with Gasteiger partial charge in [-0.2, -0.15) is 13.2 Å². The molecule has 2 aliphatic rings. The average molecular weight is 518 g/mol. The minimum absolute atomic E-state index is 0.115. The molecule has 1 aliphatic carbocycles. The molecular formula is C26H26F3N3O5. The largest absolute Gasteiger partial charge is 0.493 e. The Hall–Kier alpha value is -3.60. The topological polar surface area (TPSA) is 84.7 Å². The highest BCUT2D eigenvalue weighted by Crippen LogP contribution is 2.49. The molecule has 0 N–H and O–H groups in total. The number of benzene rings is 2. The Bertz CT molecular complexity index is 1320. The van der Waals surface area contributed by atoms with Crippen LogP contribution >= 0.6 is 0 Å². The van der Waals surface area contributed by atoms with Gasteiger partial charge in [-0.15, -0.1) is 10.2 Å². The van der Waals surface area contributed by atoms with Crippen LogP contribution in [0.15, 0.2) is 36.4 Å². The van der Waals surface area contributed by atoms with E-state index in [2.05, 4.69) is 10.2 Å². The second-order valence-corrected chi connectivity index (χ2v) is 8.90. The van der Waals surface area contributed by atoms with Crippen molar-refractivity contribution in [1.29, 1.82) is 0 Å². The number of nitrogens with zero attached hydrogens (tertiary/aromatic N) is 3. The van der Waals surface area contributed by atoms with Crippen LogP contribution in [-0.2, 0) is 20.4 Å². The first-order valence-electron chi connectivity index (χ1n) is 12.0. The Kier molecular flexibility index (Phi) is 6.57. The Labute approximate surface area is 211 Å². The van der Waals surface area contributed by atoms with Crippen molar-refractivity contribution >= 4 is 5.97 Å². The van der Waals surface area contributed by atoms with E-state index >= 15 is 0 Å². The summed E-state index contributed by atoms with van der Waals surface area (Å²) in [5, 5.41) is 7.31. The number of aromatic nitrogens is 3. The van der Waals surface area contributed by atoms with Crippen molar-refractivity contribution in [1.82, 2.24) is 14.8 Å². The van der Waals surface area contributed by atoms with Crippen molar-refractivity contribution < 1.29 is 36.9 Å². The number of carbonyl (C=O) groups is 1. The number of carbonyl (C=O) groups excluding carboxylic acids is 1. The molecule has 1 aliphatic heterocycles. The number of alkyl halides is 3. The molecule has 0 spiro atoms. The van der Waals surface area contributed by atoms with Gasteiger partial charge >= 0.3 is 12.1 Å². The first kappa shape index (κ1) is 25.1. The molecular weight excluding hydrogens is 491 g/mol. The second kappa shape index (κ2) is 9.70. The molecule has 0 unspecified atom stereocenters. The van der Waals surface area contributed by atoms with E-state index in [0.717, 1.165) is 23.0 Å². The summed E-state index contributed by atoms with van der Waals surface area (Å²) in [5.41, 5.74) is 2.24. The molecule has 5 rings (SSSR count). The molecule has 1 aromatic heterocycles. The highest BCUT2D eigenvalue weighted by atomic mass is 19.4. The summed E-state index contributed by atoms with van der Waals surface area (Å²) in [6, 6.07) is 10.6. The van der Waals surface area contributed by atoms with Crippen LogP contribution in [0.3, 0.4) is 0 Å². The summed E-state index contributed by atoms with van der Waals surface area (Å²) in [4.78, 5) is 12.5. The van der Waals surface area contributed by atoms with Crippen LogP contribution in [0.4, 0.5) is 13.2 Å². The number of esters is 1. The zero-order valence-electron chi connectivity index (χ0n) is 20.5. The Morgan fingerprint density at radius 1 is 1.11 bits per heavy atom. The standard InChI is InChI=1S/C26H26F3N3O5/c1-4-36-21(33)13-20-24-30-31-25(26(27,28)29)32(24)18-11-10-15(14-8-9-14)12-17(18)22(37-20)16-6-5-7-19(34-2)23(16)35-3/h5-7,10-12,14,20,22H,4,8-9,13H2,1-3H3/t20-,22-/m1/s1. The lowest BCUT2D eigenvalue weighted by Gasteiger charge is -2.25. The lowest BCUT2D eigenvalue weighted by atomic mass is 9.95. The van der Waals surface area contributed by atoms with Crippen molar-refractivity contribution in [2.45, 2.75) is 50.5 Å². The third-order valence-electron chi connectivity index (χ3n) is 6.53. The quantitative estimate of drug-likeness (QED) is 0.394. The van der Waals surface area contributed by atoms with Crippen LogP contribution in [0.25, 0.3) is 5.69 Å². The van der Waals surface area contributed by atoms with Gasteiger partial charge in [-0.3, -0.25) is 9.36 Å². The van der Waals surface area contributed by atoms with Crippen LogP contribution in [0.2, 0.25) is 0 Å². The van der Waals surface area contributed by atoms with Gasteiger partial charge in [0.1, 0.15) is 12.2 Å². The maximum absolute atomic E-state index is 14.1. The van der Waals surface area contributed by atoms with E-state index in [1.165, 1.54) is 14.2 Å². The molecule has 11 heteroatoms. The van der Waals surface area contributed by atoms with Gasteiger partial charge in [0, 0.05) is 11.1 Å². The smallest absolute Gasteiger partial charge is 0.452 e. The van der Waals surface area contributed by atoms with Crippen LogP contribution < -0.4 is 9.47 Å². The highest BCUT2D eigenvalue weighted by molar-refractivity contribution is 5.70. The number of hydrogen-bond acceptors (Lipinski definition) is 7. The van der Waals surface area contributed by atoms with Crippen molar-refractivity contribution in [3.8, 4) is 17.2 Å². The summed E-state index contributed by atoms with van der Waals surface area (Å²) in [5.74, 6) is -0.814. The summed E-state index contributed by atoms with van der Waals surface area (Å²) in [7, 11) is 2.97. The molecule has 0 saturated heterocycles. The Morgan fingerprint density at radius 3 is 2.54 bits per heavy atom. The van der Waals surface area contributed by atoms with E-state index in [1.807, 2.05) is 12.1 Å². The fraction of sp³-hybridized carbons (Fsp3) is 0.423. The normalized spacial score (nSPS) is 19.0. The van der Waals surface area contributed by atoms with E-state index in [1.54, 1.807) is 31.2 Å². The van der Waals surface area contributed by atoms with Gasteiger partial charge in [0.25, 0.3) is 0 Å².